The fourth-order valence-corrected chi connectivity index (χ4v) is 3.85. The minimum absolute atomic E-state index is 0.238. The maximum Gasteiger partial charge on any atom is 0.242 e. The Morgan fingerprint density at radius 2 is 1.79 bits per heavy atom. The summed E-state index contributed by atoms with van der Waals surface area (Å²) >= 11 is 0. The monoisotopic (exact) mass is 324 g/mol. The van der Waals surface area contributed by atoms with Crippen LogP contribution in [0.25, 0.3) is 10.8 Å². The Balaban J connectivity index is 1.88. The number of carbonyl (C=O) groups excluding carboxylic acids is 1. The van der Waals surface area contributed by atoms with E-state index in [1.165, 1.54) is 16.3 Å². The fourth-order valence-electron chi connectivity index (χ4n) is 3.85. The summed E-state index contributed by atoms with van der Waals surface area (Å²) in [6.07, 6.45) is 2.96. The van der Waals surface area contributed by atoms with Crippen LogP contribution in [0.15, 0.2) is 42.5 Å². The van der Waals surface area contributed by atoms with Crippen molar-refractivity contribution < 1.29 is 4.79 Å². The Kier molecular flexibility index (Phi) is 4.91. The third-order valence-electron chi connectivity index (χ3n) is 4.84. The highest BCUT2D eigenvalue weighted by Gasteiger charge is 2.38. The van der Waals surface area contributed by atoms with E-state index < -0.39 is 5.54 Å². The molecule has 1 aliphatic rings. The Morgan fingerprint density at radius 3 is 2.46 bits per heavy atom. The van der Waals surface area contributed by atoms with E-state index in [0.717, 1.165) is 25.9 Å². The lowest BCUT2D eigenvalue weighted by Crippen LogP contribution is -2.58. The number of benzene rings is 2. The van der Waals surface area contributed by atoms with Crippen molar-refractivity contribution in [2.24, 2.45) is 0 Å². The summed E-state index contributed by atoms with van der Waals surface area (Å²) in [5.74, 6) is 0.238. The average molecular weight is 324 g/mol. The smallest absolute Gasteiger partial charge is 0.242 e. The van der Waals surface area contributed by atoms with Crippen molar-refractivity contribution in [2.75, 3.05) is 13.1 Å². The van der Waals surface area contributed by atoms with Gasteiger partial charge in [-0.2, -0.15) is 0 Å². The number of amides is 1. The highest BCUT2D eigenvalue weighted by molar-refractivity contribution is 5.87. The molecule has 1 amide bonds. The number of carbonyl (C=O) groups is 1. The largest absolute Gasteiger partial charge is 0.341 e. The maximum absolute atomic E-state index is 13.1. The first kappa shape index (κ1) is 17.0. The van der Waals surface area contributed by atoms with Gasteiger partial charge in [0.05, 0.1) is 5.54 Å². The molecule has 1 aliphatic heterocycles. The van der Waals surface area contributed by atoms with Crippen molar-refractivity contribution in [1.29, 1.82) is 0 Å². The molecule has 0 saturated carbocycles. The van der Waals surface area contributed by atoms with Gasteiger partial charge >= 0.3 is 0 Å². The van der Waals surface area contributed by atoms with Gasteiger partial charge in [-0.25, -0.2) is 0 Å². The molecular formula is C21H28N2O. The van der Waals surface area contributed by atoms with Gasteiger partial charge in [-0.05, 0) is 56.4 Å². The third-order valence-corrected chi connectivity index (χ3v) is 4.84. The minimum atomic E-state index is -0.555. The molecule has 0 bridgehead atoms. The molecular weight excluding hydrogens is 296 g/mol. The van der Waals surface area contributed by atoms with Crippen molar-refractivity contribution in [3.8, 4) is 0 Å². The molecule has 128 valence electrons. The van der Waals surface area contributed by atoms with Crippen molar-refractivity contribution in [1.82, 2.24) is 10.2 Å². The van der Waals surface area contributed by atoms with Gasteiger partial charge < -0.3 is 10.2 Å². The lowest BCUT2D eigenvalue weighted by atomic mass is 9.89. The predicted octanol–water partition coefficient (Wildman–Crippen LogP) is 3.76. The third kappa shape index (κ3) is 3.62. The second kappa shape index (κ2) is 6.94. The van der Waals surface area contributed by atoms with Gasteiger partial charge in [0.25, 0.3) is 0 Å². The van der Waals surface area contributed by atoms with E-state index in [1.54, 1.807) is 0 Å². The van der Waals surface area contributed by atoms with Crippen molar-refractivity contribution >= 4 is 16.7 Å². The molecule has 0 radical (unpaired) electrons. The maximum atomic E-state index is 13.1. The molecule has 1 heterocycles. The predicted molar refractivity (Wildman–Crippen MR) is 100 cm³/mol. The Labute approximate surface area is 145 Å². The van der Waals surface area contributed by atoms with Crippen LogP contribution in [0.4, 0.5) is 0 Å². The van der Waals surface area contributed by atoms with E-state index in [0.29, 0.717) is 6.42 Å². The molecule has 2 aromatic carbocycles. The number of hydrogen-bond acceptors (Lipinski definition) is 2. The summed E-state index contributed by atoms with van der Waals surface area (Å²) < 4.78 is 0. The molecule has 0 aromatic heterocycles. The lowest BCUT2D eigenvalue weighted by molar-refractivity contribution is -0.137. The summed E-state index contributed by atoms with van der Waals surface area (Å²) in [7, 11) is 0. The van der Waals surface area contributed by atoms with Crippen LogP contribution in [0, 0.1) is 0 Å². The fraction of sp³-hybridized carbons (Fsp3) is 0.476. The van der Waals surface area contributed by atoms with E-state index in [2.05, 4.69) is 68.6 Å². The highest BCUT2D eigenvalue weighted by Crippen LogP contribution is 2.23. The quantitative estimate of drug-likeness (QED) is 0.908. The molecule has 1 fully saturated rings. The van der Waals surface area contributed by atoms with Crippen molar-refractivity contribution in [3.63, 3.8) is 0 Å². The topological polar surface area (TPSA) is 32.3 Å². The Bertz CT molecular complexity index is 719. The van der Waals surface area contributed by atoms with Crippen LogP contribution >= 0.6 is 0 Å². The zero-order valence-corrected chi connectivity index (χ0v) is 15.0. The second-order valence-corrected chi connectivity index (χ2v) is 7.49. The van der Waals surface area contributed by atoms with Gasteiger partial charge in [0.2, 0.25) is 5.91 Å². The van der Waals surface area contributed by atoms with Crippen LogP contribution in [-0.4, -0.2) is 35.5 Å². The number of nitrogens with zero attached hydrogens (tertiary/aromatic N) is 1. The second-order valence-electron chi connectivity index (χ2n) is 7.49. The zero-order valence-electron chi connectivity index (χ0n) is 15.0. The van der Waals surface area contributed by atoms with E-state index in [4.69, 9.17) is 0 Å². The summed E-state index contributed by atoms with van der Waals surface area (Å²) in [6.45, 7) is 8.06. The Hall–Kier alpha value is -1.87. The van der Waals surface area contributed by atoms with E-state index >= 15 is 0 Å². The van der Waals surface area contributed by atoms with Gasteiger partial charge in [0.15, 0.2) is 0 Å². The molecule has 0 unspecified atom stereocenters. The molecule has 1 atom stereocenters. The summed E-state index contributed by atoms with van der Waals surface area (Å²) in [6, 6.07) is 15.2. The van der Waals surface area contributed by atoms with Crippen LogP contribution in [0.3, 0.4) is 0 Å². The summed E-state index contributed by atoms with van der Waals surface area (Å²) in [5, 5.41) is 6.01. The number of hydrogen-bond donors (Lipinski definition) is 1. The van der Waals surface area contributed by atoms with Crippen LogP contribution < -0.4 is 5.32 Å². The van der Waals surface area contributed by atoms with Gasteiger partial charge in [0.1, 0.15) is 0 Å². The van der Waals surface area contributed by atoms with Gasteiger partial charge in [-0.15, -0.1) is 0 Å². The number of nitrogens with one attached hydrogen (secondary N) is 1. The minimum Gasteiger partial charge on any atom is -0.341 e. The normalized spacial score (nSPS) is 17.4. The molecule has 3 heteroatoms. The average Bonchev–Trinajstić information content (AvgIpc) is 3.07. The first-order valence-electron chi connectivity index (χ1n) is 9.03. The van der Waals surface area contributed by atoms with Gasteiger partial charge in [-0.3, -0.25) is 4.79 Å². The lowest BCUT2D eigenvalue weighted by Gasteiger charge is -2.35. The molecule has 24 heavy (non-hydrogen) atoms. The molecule has 1 saturated heterocycles. The molecule has 2 aromatic rings. The van der Waals surface area contributed by atoms with Crippen LogP contribution in [0.5, 0.6) is 0 Å². The summed E-state index contributed by atoms with van der Waals surface area (Å²) in [5.41, 5.74) is 0.651. The first-order chi connectivity index (χ1) is 11.5. The number of fused-ring (bicyclic) bond motifs is 1. The van der Waals surface area contributed by atoms with E-state index in [9.17, 15) is 4.79 Å². The molecule has 3 nitrogen and oxygen atoms in total. The zero-order chi connectivity index (χ0) is 17.2. The molecule has 3 rings (SSSR count). The van der Waals surface area contributed by atoms with E-state index in [1.807, 2.05) is 4.90 Å². The van der Waals surface area contributed by atoms with Crippen LogP contribution in [0.1, 0.15) is 39.2 Å². The van der Waals surface area contributed by atoms with Crippen LogP contribution in [-0.2, 0) is 11.2 Å². The number of likely N-dealkylation sites (tertiary alicyclic amines) is 1. The standard InChI is InChI=1S/C21H28N2O/c1-16(2)22-21(3,20(24)23-12-6-7-13-23)15-17-10-11-18-8-4-5-9-19(18)14-17/h4-5,8-11,14,16,22H,6-7,12-13,15H2,1-3H3/t21-/m0/s1. The SMILES string of the molecule is CC(C)N[C@@](C)(Cc1ccc2ccccc2c1)C(=O)N1CCCC1. The molecule has 0 spiro atoms. The van der Waals surface area contributed by atoms with E-state index in [-0.39, 0.29) is 11.9 Å². The van der Waals surface area contributed by atoms with Crippen molar-refractivity contribution in [2.45, 2.75) is 51.6 Å². The highest BCUT2D eigenvalue weighted by atomic mass is 16.2. The number of rotatable bonds is 5. The molecule has 1 N–H and O–H groups in total. The van der Waals surface area contributed by atoms with Crippen LogP contribution in [0.2, 0.25) is 0 Å². The molecule has 0 aliphatic carbocycles. The first-order valence-corrected chi connectivity index (χ1v) is 9.03. The van der Waals surface area contributed by atoms with Crippen molar-refractivity contribution in [3.05, 3.63) is 48.0 Å². The van der Waals surface area contributed by atoms with Gasteiger partial charge in [0, 0.05) is 19.1 Å². The Morgan fingerprint density at radius 1 is 1.12 bits per heavy atom. The summed E-state index contributed by atoms with van der Waals surface area (Å²) in [4.78, 5) is 15.2. The van der Waals surface area contributed by atoms with Gasteiger partial charge in [-0.1, -0.05) is 42.5 Å².